The molecule has 3 N–H and O–H groups in total. The van der Waals surface area contributed by atoms with E-state index in [4.69, 9.17) is 0 Å². The first-order chi connectivity index (χ1) is 9.08. The molecule has 1 aromatic rings. The molecule has 0 aliphatic rings. The highest BCUT2D eigenvalue weighted by molar-refractivity contribution is 5.94. The van der Waals surface area contributed by atoms with Crippen molar-refractivity contribution in [2.24, 2.45) is 0 Å². The molecule has 0 aliphatic heterocycles. The molecule has 0 saturated heterocycles. The Morgan fingerprint density at radius 2 is 1.68 bits per heavy atom. The first-order valence-corrected chi connectivity index (χ1v) is 5.94. The summed E-state index contributed by atoms with van der Waals surface area (Å²) < 4.78 is 0. The standard InChI is InChI=1S/C13H17N3O3/c1-10(17)14-8-7-12(18)15-9-13(19)16-11-5-3-2-4-6-11/h2-6H,7-9H2,1H3,(H,14,17)(H,15,18)(H,16,19). The lowest BCUT2D eigenvalue weighted by molar-refractivity contribution is -0.124. The summed E-state index contributed by atoms with van der Waals surface area (Å²) >= 11 is 0. The van der Waals surface area contributed by atoms with E-state index in [1.54, 1.807) is 12.1 Å². The number of nitrogens with one attached hydrogen (secondary N) is 3. The number of carbonyl (C=O) groups excluding carboxylic acids is 3. The molecule has 0 bridgehead atoms. The van der Waals surface area contributed by atoms with Crippen LogP contribution in [-0.4, -0.2) is 30.8 Å². The lowest BCUT2D eigenvalue weighted by atomic mass is 10.3. The van der Waals surface area contributed by atoms with Crippen LogP contribution in [0.5, 0.6) is 0 Å². The minimum atomic E-state index is -0.293. The van der Waals surface area contributed by atoms with Gasteiger partial charge in [-0.05, 0) is 12.1 Å². The monoisotopic (exact) mass is 263 g/mol. The third-order valence-electron chi connectivity index (χ3n) is 2.23. The maximum absolute atomic E-state index is 11.5. The van der Waals surface area contributed by atoms with Gasteiger partial charge in [-0.1, -0.05) is 18.2 Å². The van der Waals surface area contributed by atoms with E-state index in [9.17, 15) is 14.4 Å². The van der Waals surface area contributed by atoms with Gasteiger partial charge in [0.1, 0.15) is 0 Å². The quantitative estimate of drug-likeness (QED) is 0.688. The van der Waals surface area contributed by atoms with Crippen LogP contribution < -0.4 is 16.0 Å². The maximum atomic E-state index is 11.5. The predicted molar refractivity (Wildman–Crippen MR) is 71.4 cm³/mol. The van der Waals surface area contributed by atoms with Gasteiger partial charge < -0.3 is 16.0 Å². The summed E-state index contributed by atoms with van der Waals surface area (Å²) in [5.74, 6) is -0.759. The van der Waals surface area contributed by atoms with E-state index >= 15 is 0 Å². The van der Waals surface area contributed by atoms with E-state index in [1.165, 1.54) is 6.92 Å². The summed E-state index contributed by atoms with van der Waals surface area (Å²) in [5.41, 5.74) is 0.681. The number of amides is 3. The molecule has 0 spiro atoms. The summed E-state index contributed by atoms with van der Waals surface area (Å²) in [6.07, 6.45) is 0.151. The molecule has 1 rings (SSSR count). The number of carbonyl (C=O) groups is 3. The molecule has 6 nitrogen and oxygen atoms in total. The summed E-state index contributed by atoms with van der Waals surface area (Å²) in [6, 6.07) is 8.98. The van der Waals surface area contributed by atoms with E-state index in [0.29, 0.717) is 5.69 Å². The number of benzene rings is 1. The fourth-order valence-electron chi connectivity index (χ4n) is 1.35. The van der Waals surface area contributed by atoms with Crippen molar-refractivity contribution >= 4 is 23.4 Å². The minimum absolute atomic E-state index is 0.0895. The van der Waals surface area contributed by atoms with Crippen LogP contribution in [0.2, 0.25) is 0 Å². The molecule has 0 atom stereocenters. The summed E-state index contributed by atoms with van der Waals surface area (Å²) in [6.45, 7) is 1.56. The van der Waals surface area contributed by atoms with Crippen LogP contribution in [0.3, 0.4) is 0 Å². The predicted octanol–water partition coefficient (Wildman–Crippen LogP) is 0.268. The van der Waals surface area contributed by atoms with Gasteiger partial charge >= 0.3 is 0 Å². The smallest absolute Gasteiger partial charge is 0.243 e. The van der Waals surface area contributed by atoms with Gasteiger partial charge in [-0.25, -0.2) is 0 Å². The average molecular weight is 263 g/mol. The number of hydrogen-bond donors (Lipinski definition) is 3. The normalized spacial score (nSPS) is 9.53. The Morgan fingerprint density at radius 1 is 1.00 bits per heavy atom. The fourth-order valence-corrected chi connectivity index (χ4v) is 1.35. The Balaban J connectivity index is 2.19. The molecule has 0 radical (unpaired) electrons. The second-order valence-electron chi connectivity index (χ2n) is 3.92. The first kappa shape index (κ1) is 14.7. The van der Waals surface area contributed by atoms with Crippen molar-refractivity contribution in [3.05, 3.63) is 30.3 Å². The van der Waals surface area contributed by atoms with Crippen LogP contribution in [-0.2, 0) is 14.4 Å². The van der Waals surface area contributed by atoms with Crippen molar-refractivity contribution in [3.8, 4) is 0 Å². The van der Waals surface area contributed by atoms with Crippen molar-refractivity contribution in [2.45, 2.75) is 13.3 Å². The van der Waals surface area contributed by atoms with Gasteiger partial charge in [-0.15, -0.1) is 0 Å². The van der Waals surface area contributed by atoms with Crippen molar-refractivity contribution in [1.82, 2.24) is 10.6 Å². The summed E-state index contributed by atoms with van der Waals surface area (Å²) in [7, 11) is 0. The topological polar surface area (TPSA) is 87.3 Å². The number of hydrogen-bond acceptors (Lipinski definition) is 3. The second-order valence-corrected chi connectivity index (χ2v) is 3.92. The van der Waals surface area contributed by atoms with E-state index in [1.807, 2.05) is 18.2 Å². The van der Waals surface area contributed by atoms with Gasteiger partial charge in [0.25, 0.3) is 0 Å². The highest BCUT2D eigenvalue weighted by Gasteiger charge is 2.05. The van der Waals surface area contributed by atoms with Gasteiger partial charge in [0.15, 0.2) is 0 Å². The second kappa shape index (κ2) is 7.86. The van der Waals surface area contributed by atoms with E-state index < -0.39 is 0 Å². The van der Waals surface area contributed by atoms with Crippen molar-refractivity contribution in [1.29, 1.82) is 0 Å². The molecular formula is C13H17N3O3. The molecule has 102 valence electrons. The molecule has 6 heteroatoms. The maximum Gasteiger partial charge on any atom is 0.243 e. The Hall–Kier alpha value is -2.37. The number of para-hydroxylation sites is 1. The van der Waals surface area contributed by atoms with Crippen LogP contribution in [0, 0.1) is 0 Å². The molecule has 0 fully saturated rings. The van der Waals surface area contributed by atoms with Gasteiger partial charge in [-0.2, -0.15) is 0 Å². The fraction of sp³-hybridized carbons (Fsp3) is 0.308. The van der Waals surface area contributed by atoms with Gasteiger partial charge in [-0.3, -0.25) is 14.4 Å². The highest BCUT2D eigenvalue weighted by atomic mass is 16.2. The third kappa shape index (κ3) is 6.82. The molecule has 1 aromatic carbocycles. The third-order valence-corrected chi connectivity index (χ3v) is 2.23. The van der Waals surface area contributed by atoms with Crippen molar-refractivity contribution in [3.63, 3.8) is 0 Å². The molecule has 0 saturated carbocycles. The SMILES string of the molecule is CC(=O)NCCC(=O)NCC(=O)Nc1ccccc1. The minimum Gasteiger partial charge on any atom is -0.356 e. The van der Waals surface area contributed by atoms with Crippen LogP contribution >= 0.6 is 0 Å². The van der Waals surface area contributed by atoms with E-state index in [-0.39, 0.29) is 37.2 Å². The highest BCUT2D eigenvalue weighted by Crippen LogP contribution is 2.03. The van der Waals surface area contributed by atoms with Gasteiger partial charge in [0.05, 0.1) is 6.54 Å². The zero-order valence-corrected chi connectivity index (χ0v) is 10.7. The van der Waals surface area contributed by atoms with Crippen LogP contribution in [0.4, 0.5) is 5.69 Å². The molecule has 3 amide bonds. The van der Waals surface area contributed by atoms with Crippen LogP contribution in [0.25, 0.3) is 0 Å². The first-order valence-electron chi connectivity index (χ1n) is 5.94. The van der Waals surface area contributed by atoms with Gasteiger partial charge in [0.2, 0.25) is 17.7 Å². The largest absolute Gasteiger partial charge is 0.356 e. The molecule has 0 heterocycles. The van der Waals surface area contributed by atoms with Crippen molar-refractivity contribution < 1.29 is 14.4 Å². The van der Waals surface area contributed by atoms with Crippen LogP contribution in [0.1, 0.15) is 13.3 Å². The van der Waals surface area contributed by atoms with E-state index in [0.717, 1.165) is 0 Å². The number of anilines is 1. The summed E-state index contributed by atoms with van der Waals surface area (Å²) in [4.78, 5) is 33.4. The molecule has 19 heavy (non-hydrogen) atoms. The number of rotatable bonds is 6. The zero-order valence-electron chi connectivity index (χ0n) is 10.7. The zero-order chi connectivity index (χ0) is 14.1. The lowest BCUT2D eigenvalue weighted by Crippen LogP contribution is -2.35. The van der Waals surface area contributed by atoms with Gasteiger partial charge in [0, 0.05) is 25.6 Å². The average Bonchev–Trinajstić information content (AvgIpc) is 2.37. The molecular weight excluding hydrogens is 246 g/mol. The van der Waals surface area contributed by atoms with Crippen molar-refractivity contribution in [2.75, 3.05) is 18.4 Å². The Labute approximate surface area is 111 Å². The Kier molecular flexibility index (Phi) is 6.08. The lowest BCUT2D eigenvalue weighted by Gasteiger charge is -2.07. The molecule has 0 aliphatic carbocycles. The summed E-state index contributed by atoms with van der Waals surface area (Å²) in [5, 5.41) is 7.63. The van der Waals surface area contributed by atoms with E-state index in [2.05, 4.69) is 16.0 Å². The van der Waals surface area contributed by atoms with Crippen LogP contribution in [0.15, 0.2) is 30.3 Å². The molecule has 0 aromatic heterocycles. The Morgan fingerprint density at radius 3 is 2.32 bits per heavy atom. The Bertz CT molecular complexity index is 446. The molecule has 0 unspecified atom stereocenters.